The van der Waals surface area contributed by atoms with E-state index < -0.39 is 24.1 Å². The van der Waals surface area contributed by atoms with E-state index in [1.54, 1.807) is 0 Å². The molecular formula is C4H12CuO9. The van der Waals surface area contributed by atoms with Crippen molar-refractivity contribution < 1.29 is 63.5 Å². The van der Waals surface area contributed by atoms with Gasteiger partial charge < -0.3 is 36.9 Å². The first-order valence-corrected chi connectivity index (χ1v) is 2.28. The summed E-state index contributed by atoms with van der Waals surface area (Å²) in [6.45, 7) is 0. The van der Waals surface area contributed by atoms with Crippen molar-refractivity contribution >= 4 is 11.9 Å². The van der Waals surface area contributed by atoms with E-state index >= 15 is 0 Å². The summed E-state index contributed by atoms with van der Waals surface area (Å²) in [5, 5.41) is 32.5. The third kappa shape index (κ3) is 9.35. The topological polar surface area (TPSA) is 210 Å². The van der Waals surface area contributed by atoms with Crippen molar-refractivity contribution in [3.63, 3.8) is 0 Å². The molecule has 14 heavy (non-hydrogen) atoms. The van der Waals surface area contributed by atoms with E-state index in [1.165, 1.54) is 0 Å². The average molecular weight is 268 g/mol. The molecule has 10 N–H and O–H groups in total. The van der Waals surface area contributed by atoms with E-state index in [0.717, 1.165) is 0 Å². The molecule has 0 saturated carbocycles. The fourth-order valence-electron chi connectivity index (χ4n) is 0.270. The Morgan fingerprint density at radius 2 is 0.929 bits per heavy atom. The van der Waals surface area contributed by atoms with Crippen molar-refractivity contribution in [3.05, 3.63) is 0 Å². The van der Waals surface area contributed by atoms with Gasteiger partial charge in [-0.3, -0.25) is 0 Å². The normalized spacial score (nSPS) is 11.3. The van der Waals surface area contributed by atoms with Crippen LogP contribution in [-0.4, -0.2) is 61.0 Å². The van der Waals surface area contributed by atoms with Crippen LogP contribution in [0.3, 0.4) is 0 Å². The monoisotopic (exact) mass is 267 g/mol. The maximum Gasteiger partial charge on any atom is 0.335 e. The molecule has 0 aliphatic rings. The van der Waals surface area contributed by atoms with Crippen LogP contribution in [0, 0.1) is 0 Å². The fraction of sp³-hybridized carbons (Fsp3) is 0.500. The van der Waals surface area contributed by atoms with Gasteiger partial charge in [0.15, 0.2) is 12.2 Å². The Morgan fingerprint density at radius 1 is 0.786 bits per heavy atom. The molecule has 2 unspecified atom stereocenters. The zero-order valence-corrected chi connectivity index (χ0v) is 7.50. The van der Waals surface area contributed by atoms with Crippen molar-refractivity contribution in [1.29, 1.82) is 0 Å². The SMILES string of the molecule is O.O.O.O=C(O)C(O)C(O)C(=O)O.[Cu]. The van der Waals surface area contributed by atoms with Crippen molar-refractivity contribution in [2.45, 2.75) is 12.2 Å². The zero-order valence-electron chi connectivity index (χ0n) is 6.56. The quantitative estimate of drug-likeness (QED) is 0.369. The summed E-state index contributed by atoms with van der Waals surface area (Å²) in [6.07, 6.45) is -4.53. The maximum atomic E-state index is 9.77. The summed E-state index contributed by atoms with van der Waals surface area (Å²) in [5.41, 5.74) is 0. The first-order chi connectivity index (χ1) is 4.46. The van der Waals surface area contributed by atoms with Crippen LogP contribution < -0.4 is 0 Å². The molecule has 0 aliphatic heterocycles. The van der Waals surface area contributed by atoms with Crippen LogP contribution in [0.15, 0.2) is 0 Å². The van der Waals surface area contributed by atoms with Crippen molar-refractivity contribution in [3.8, 4) is 0 Å². The number of hydrogen-bond donors (Lipinski definition) is 4. The van der Waals surface area contributed by atoms with Gasteiger partial charge >= 0.3 is 11.9 Å². The van der Waals surface area contributed by atoms with Crippen LogP contribution in [-0.2, 0) is 26.7 Å². The minimum atomic E-state index is -2.27. The van der Waals surface area contributed by atoms with Crippen LogP contribution in [0.4, 0.5) is 0 Å². The number of hydrogen-bond acceptors (Lipinski definition) is 4. The van der Waals surface area contributed by atoms with E-state index in [0.29, 0.717) is 0 Å². The predicted molar refractivity (Wildman–Crippen MR) is 38.1 cm³/mol. The van der Waals surface area contributed by atoms with Gasteiger partial charge in [0.25, 0.3) is 0 Å². The molecule has 1 radical (unpaired) electrons. The van der Waals surface area contributed by atoms with Gasteiger partial charge in [0, 0.05) is 17.1 Å². The fourth-order valence-corrected chi connectivity index (χ4v) is 0.270. The second kappa shape index (κ2) is 12.3. The van der Waals surface area contributed by atoms with Gasteiger partial charge in [0.2, 0.25) is 0 Å². The van der Waals surface area contributed by atoms with Crippen molar-refractivity contribution in [2.24, 2.45) is 0 Å². The van der Waals surface area contributed by atoms with Crippen LogP contribution in [0.5, 0.6) is 0 Å². The summed E-state index contributed by atoms with van der Waals surface area (Å²) < 4.78 is 0. The van der Waals surface area contributed by atoms with Gasteiger partial charge in [-0.2, -0.15) is 0 Å². The Morgan fingerprint density at radius 3 is 1.00 bits per heavy atom. The average Bonchev–Trinajstić information content (AvgIpc) is 1.84. The summed E-state index contributed by atoms with van der Waals surface area (Å²) in [4.78, 5) is 19.5. The molecule has 0 amide bonds. The zero-order chi connectivity index (χ0) is 8.31. The van der Waals surface area contributed by atoms with Gasteiger partial charge in [-0.1, -0.05) is 0 Å². The molecule has 0 heterocycles. The van der Waals surface area contributed by atoms with Gasteiger partial charge in [0.1, 0.15) is 0 Å². The molecule has 0 aliphatic carbocycles. The molecular weight excluding hydrogens is 256 g/mol. The molecule has 0 bridgehead atoms. The molecule has 0 fully saturated rings. The molecule has 2 atom stereocenters. The van der Waals surface area contributed by atoms with Crippen LogP contribution in [0.2, 0.25) is 0 Å². The third-order valence-electron chi connectivity index (χ3n) is 0.805. The summed E-state index contributed by atoms with van der Waals surface area (Å²) >= 11 is 0. The molecule has 93 valence electrons. The Kier molecular flexibility index (Phi) is 25.6. The first kappa shape index (κ1) is 29.2. The summed E-state index contributed by atoms with van der Waals surface area (Å²) in [5.74, 6) is -3.54. The van der Waals surface area contributed by atoms with E-state index in [4.69, 9.17) is 20.4 Å². The Hall–Kier alpha value is -0.741. The smallest absolute Gasteiger partial charge is 0.335 e. The molecule has 0 saturated heterocycles. The predicted octanol–water partition coefficient (Wildman–Crippen LogP) is -4.60. The molecule has 0 rings (SSSR count). The largest absolute Gasteiger partial charge is 0.479 e. The minimum Gasteiger partial charge on any atom is -0.479 e. The van der Waals surface area contributed by atoms with E-state index in [9.17, 15) is 9.59 Å². The summed E-state index contributed by atoms with van der Waals surface area (Å²) in [6, 6.07) is 0. The van der Waals surface area contributed by atoms with E-state index in [2.05, 4.69) is 0 Å². The number of aliphatic hydroxyl groups excluding tert-OH is 2. The van der Waals surface area contributed by atoms with Gasteiger partial charge in [-0.05, 0) is 0 Å². The Labute approximate surface area is 88.4 Å². The van der Waals surface area contributed by atoms with Crippen molar-refractivity contribution in [1.82, 2.24) is 0 Å². The number of aliphatic carboxylic acids is 2. The van der Waals surface area contributed by atoms with Crippen LogP contribution in [0.25, 0.3) is 0 Å². The number of rotatable bonds is 3. The maximum absolute atomic E-state index is 9.77. The van der Waals surface area contributed by atoms with Gasteiger partial charge in [-0.25, -0.2) is 9.59 Å². The van der Waals surface area contributed by atoms with Crippen LogP contribution >= 0.6 is 0 Å². The molecule has 0 aromatic heterocycles. The second-order valence-electron chi connectivity index (χ2n) is 1.57. The van der Waals surface area contributed by atoms with Gasteiger partial charge in [-0.15, -0.1) is 0 Å². The number of carbonyl (C=O) groups is 2. The number of carboxylic acid groups (broad SMARTS) is 2. The number of carboxylic acids is 2. The van der Waals surface area contributed by atoms with E-state index in [-0.39, 0.29) is 33.5 Å². The third-order valence-corrected chi connectivity index (χ3v) is 0.805. The van der Waals surface area contributed by atoms with E-state index in [1.807, 2.05) is 0 Å². The summed E-state index contributed by atoms with van der Waals surface area (Å²) in [7, 11) is 0. The Bertz CT molecular complexity index is 141. The Balaban J connectivity index is -0.0000000675. The van der Waals surface area contributed by atoms with Crippen molar-refractivity contribution in [2.75, 3.05) is 0 Å². The molecule has 0 aromatic carbocycles. The molecule has 10 heteroatoms. The first-order valence-electron chi connectivity index (χ1n) is 2.28. The molecule has 0 aromatic rings. The number of aliphatic hydroxyl groups is 2. The standard InChI is InChI=1S/C4H6O6.Cu.3H2O/c5-1(3(7)8)2(6)4(9)10;;;;/h1-2,5-6H,(H,7,8)(H,9,10);;3*1H2. The minimum absolute atomic E-state index is 0. The molecule has 0 spiro atoms. The molecule has 9 nitrogen and oxygen atoms in total. The second-order valence-corrected chi connectivity index (χ2v) is 1.57. The van der Waals surface area contributed by atoms with Crippen LogP contribution in [0.1, 0.15) is 0 Å². The van der Waals surface area contributed by atoms with Gasteiger partial charge in [0.05, 0.1) is 0 Å².